The average molecular weight is 259 g/mol. The summed E-state index contributed by atoms with van der Waals surface area (Å²) < 4.78 is 10.8. The lowest BCUT2D eigenvalue weighted by molar-refractivity contribution is 0.124. The molecule has 4 nitrogen and oxygen atoms in total. The van der Waals surface area contributed by atoms with Crippen LogP contribution in [0.1, 0.15) is 12.0 Å². The molecule has 1 aromatic rings. The van der Waals surface area contributed by atoms with Gasteiger partial charge >= 0.3 is 0 Å². The van der Waals surface area contributed by atoms with E-state index in [0.29, 0.717) is 6.79 Å². The van der Waals surface area contributed by atoms with E-state index >= 15 is 0 Å². The maximum atomic E-state index is 5.43. The molecule has 0 amide bonds. The highest BCUT2D eigenvalue weighted by Gasteiger charge is 2.31. The molecule has 0 spiro atoms. The standard InChI is InChI=1S/C15H19N2O2/c1-4-14-15(19-11-18-14)9-12(1)10-16-5-7-17(8-6-16)13-2-3-13/h1-2,4,9,13H,3,5-8,10-11H2. The van der Waals surface area contributed by atoms with Crippen molar-refractivity contribution >= 4 is 0 Å². The van der Waals surface area contributed by atoms with Crippen LogP contribution in [0.4, 0.5) is 0 Å². The normalized spacial score (nSPS) is 23.8. The number of benzene rings is 1. The Hall–Kier alpha value is -1.26. The number of hydrogen-bond donors (Lipinski definition) is 0. The van der Waals surface area contributed by atoms with Crippen LogP contribution in [0.5, 0.6) is 11.5 Å². The molecule has 1 aromatic carbocycles. The van der Waals surface area contributed by atoms with Gasteiger partial charge in [-0.3, -0.25) is 9.80 Å². The highest BCUT2D eigenvalue weighted by molar-refractivity contribution is 5.44. The highest BCUT2D eigenvalue weighted by atomic mass is 16.7. The number of piperazine rings is 1. The Kier molecular flexibility index (Phi) is 2.85. The van der Waals surface area contributed by atoms with E-state index in [0.717, 1.165) is 24.1 Å². The van der Waals surface area contributed by atoms with Gasteiger partial charge in [0.15, 0.2) is 11.5 Å². The fraction of sp³-hybridized carbons (Fsp3) is 0.533. The van der Waals surface area contributed by atoms with Crippen LogP contribution in [0, 0.1) is 6.42 Å². The molecular weight excluding hydrogens is 240 g/mol. The van der Waals surface area contributed by atoms with Gasteiger partial charge in [-0.05, 0) is 30.5 Å². The van der Waals surface area contributed by atoms with Gasteiger partial charge in [-0.2, -0.15) is 0 Å². The second kappa shape index (κ2) is 4.69. The molecule has 19 heavy (non-hydrogen) atoms. The van der Waals surface area contributed by atoms with Crippen LogP contribution in [-0.4, -0.2) is 48.8 Å². The maximum absolute atomic E-state index is 5.43. The van der Waals surface area contributed by atoms with E-state index < -0.39 is 0 Å². The van der Waals surface area contributed by atoms with Gasteiger partial charge in [0.05, 0.1) is 0 Å². The van der Waals surface area contributed by atoms with Gasteiger partial charge in [0, 0.05) is 38.8 Å². The third kappa shape index (κ3) is 2.42. The first-order valence-electron chi connectivity index (χ1n) is 7.07. The molecular formula is C15H19N2O2. The van der Waals surface area contributed by atoms with Crippen molar-refractivity contribution in [2.45, 2.75) is 19.0 Å². The van der Waals surface area contributed by atoms with Crippen LogP contribution in [-0.2, 0) is 6.54 Å². The molecule has 2 heterocycles. The maximum Gasteiger partial charge on any atom is 0.231 e. The molecule has 1 saturated heterocycles. The summed E-state index contributed by atoms with van der Waals surface area (Å²) >= 11 is 0. The van der Waals surface area contributed by atoms with Crippen LogP contribution in [0.2, 0.25) is 0 Å². The number of hydrogen-bond acceptors (Lipinski definition) is 4. The van der Waals surface area contributed by atoms with Gasteiger partial charge < -0.3 is 9.47 Å². The Bertz CT molecular complexity index is 465. The van der Waals surface area contributed by atoms with E-state index in [4.69, 9.17) is 9.47 Å². The van der Waals surface area contributed by atoms with Crippen molar-refractivity contribution in [2.75, 3.05) is 33.0 Å². The minimum Gasteiger partial charge on any atom is -0.454 e. The van der Waals surface area contributed by atoms with Crippen LogP contribution < -0.4 is 9.47 Å². The monoisotopic (exact) mass is 259 g/mol. The van der Waals surface area contributed by atoms with E-state index in [1.807, 2.05) is 6.07 Å². The Morgan fingerprint density at radius 3 is 2.63 bits per heavy atom. The molecule has 2 aliphatic heterocycles. The molecule has 101 valence electrons. The molecule has 0 aromatic heterocycles. The van der Waals surface area contributed by atoms with Gasteiger partial charge in [-0.1, -0.05) is 6.07 Å². The first-order chi connectivity index (χ1) is 9.38. The van der Waals surface area contributed by atoms with E-state index in [9.17, 15) is 0 Å². The SMILES string of the molecule is [CH]1CC1N1CCN(Cc2ccc3c(c2)OCO3)CC1. The Morgan fingerprint density at radius 2 is 1.84 bits per heavy atom. The minimum absolute atomic E-state index is 0.356. The van der Waals surface area contributed by atoms with Crippen molar-refractivity contribution in [2.24, 2.45) is 0 Å². The predicted octanol–water partition coefficient (Wildman–Crippen LogP) is 1.51. The fourth-order valence-electron chi connectivity index (χ4n) is 2.91. The zero-order chi connectivity index (χ0) is 12.7. The van der Waals surface area contributed by atoms with Crippen LogP contribution in [0.25, 0.3) is 0 Å². The summed E-state index contributed by atoms with van der Waals surface area (Å²) in [6.45, 7) is 6.10. The summed E-state index contributed by atoms with van der Waals surface area (Å²) in [6, 6.07) is 7.07. The second-order valence-corrected chi connectivity index (χ2v) is 5.54. The summed E-state index contributed by atoms with van der Waals surface area (Å²) in [5.41, 5.74) is 1.32. The average Bonchev–Trinajstić information content (AvgIpc) is 3.18. The lowest BCUT2D eigenvalue weighted by Crippen LogP contribution is -2.46. The van der Waals surface area contributed by atoms with E-state index in [1.165, 1.54) is 38.2 Å². The van der Waals surface area contributed by atoms with Crippen molar-refractivity contribution in [1.29, 1.82) is 0 Å². The van der Waals surface area contributed by atoms with Gasteiger partial charge in [0.2, 0.25) is 6.79 Å². The predicted molar refractivity (Wildman–Crippen MR) is 72.1 cm³/mol. The minimum atomic E-state index is 0.356. The first-order valence-corrected chi connectivity index (χ1v) is 7.07. The smallest absolute Gasteiger partial charge is 0.231 e. The summed E-state index contributed by atoms with van der Waals surface area (Å²) in [4.78, 5) is 5.12. The van der Waals surface area contributed by atoms with Gasteiger partial charge in [-0.25, -0.2) is 0 Å². The quantitative estimate of drug-likeness (QED) is 0.821. The van der Waals surface area contributed by atoms with E-state index in [-0.39, 0.29) is 0 Å². The van der Waals surface area contributed by atoms with Crippen molar-refractivity contribution in [3.8, 4) is 11.5 Å². The number of rotatable bonds is 3. The Morgan fingerprint density at radius 1 is 1.05 bits per heavy atom. The number of ether oxygens (including phenoxy) is 2. The second-order valence-electron chi connectivity index (χ2n) is 5.54. The summed E-state index contributed by atoms with van der Waals surface area (Å²) in [7, 11) is 0. The summed E-state index contributed by atoms with van der Waals surface area (Å²) in [6.07, 6.45) is 3.69. The van der Waals surface area contributed by atoms with Gasteiger partial charge in [0.1, 0.15) is 0 Å². The lowest BCUT2D eigenvalue weighted by atomic mass is 10.1. The fourth-order valence-corrected chi connectivity index (χ4v) is 2.91. The molecule has 1 atom stereocenters. The molecule has 0 bridgehead atoms. The van der Waals surface area contributed by atoms with Gasteiger partial charge in [0.25, 0.3) is 0 Å². The molecule has 1 radical (unpaired) electrons. The van der Waals surface area contributed by atoms with Crippen molar-refractivity contribution in [3.63, 3.8) is 0 Å². The van der Waals surface area contributed by atoms with Crippen molar-refractivity contribution in [3.05, 3.63) is 30.2 Å². The molecule has 3 aliphatic rings. The molecule has 2 fully saturated rings. The topological polar surface area (TPSA) is 24.9 Å². The zero-order valence-electron chi connectivity index (χ0n) is 11.0. The number of fused-ring (bicyclic) bond motifs is 1. The first kappa shape index (κ1) is 11.6. The summed E-state index contributed by atoms with van der Waals surface area (Å²) in [5, 5.41) is 0. The van der Waals surface area contributed by atoms with E-state index in [1.54, 1.807) is 0 Å². The van der Waals surface area contributed by atoms with Crippen LogP contribution >= 0.6 is 0 Å². The molecule has 4 heteroatoms. The molecule has 1 unspecified atom stereocenters. The molecule has 1 aliphatic carbocycles. The Labute approximate surface area is 113 Å². The van der Waals surface area contributed by atoms with Gasteiger partial charge in [-0.15, -0.1) is 0 Å². The molecule has 4 rings (SSSR count). The van der Waals surface area contributed by atoms with E-state index in [2.05, 4.69) is 28.4 Å². The largest absolute Gasteiger partial charge is 0.454 e. The zero-order valence-corrected chi connectivity index (χ0v) is 11.0. The molecule has 0 N–H and O–H groups in total. The third-order valence-corrected chi connectivity index (χ3v) is 4.17. The van der Waals surface area contributed by atoms with Crippen LogP contribution in [0.15, 0.2) is 18.2 Å². The van der Waals surface area contributed by atoms with Crippen molar-refractivity contribution < 1.29 is 9.47 Å². The number of nitrogens with zero attached hydrogens (tertiary/aromatic N) is 2. The van der Waals surface area contributed by atoms with Crippen molar-refractivity contribution in [1.82, 2.24) is 9.80 Å². The Balaban J connectivity index is 1.36. The lowest BCUT2D eigenvalue weighted by Gasteiger charge is -2.34. The summed E-state index contributed by atoms with van der Waals surface area (Å²) in [5.74, 6) is 1.77. The molecule has 1 saturated carbocycles. The van der Waals surface area contributed by atoms with Crippen LogP contribution in [0.3, 0.4) is 0 Å². The highest BCUT2D eigenvalue weighted by Crippen LogP contribution is 2.33. The third-order valence-electron chi connectivity index (χ3n) is 4.17.